The van der Waals surface area contributed by atoms with Gasteiger partial charge in [0.05, 0.1) is 5.56 Å². The van der Waals surface area contributed by atoms with Crippen LogP contribution in [0.4, 0.5) is 17.6 Å². The van der Waals surface area contributed by atoms with Gasteiger partial charge in [-0.05, 0) is 41.3 Å². The zero-order valence-electron chi connectivity index (χ0n) is 12.6. The first-order chi connectivity index (χ1) is 11.7. The van der Waals surface area contributed by atoms with Crippen molar-refractivity contribution in [2.75, 3.05) is 0 Å². The molecule has 0 bridgehead atoms. The van der Waals surface area contributed by atoms with Crippen molar-refractivity contribution in [2.24, 2.45) is 11.5 Å². The normalized spacial score (nSPS) is 13.0. The summed E-state index contributed by atoms with van der Waals surface area (Å²) in [6.45, 7) is 0. The van der Waals surface area contributed by atoms with Crippen molar-refractivity contribution in [1.29, 1.82) is 0 Å². The van der Waals surface area contributed by atoms with E-state index >= 15 is 0 Å². The Morgan fingerprint density at radius 2 is 1.72 bits per heavy atom. The van der Waals surface area contributed by atoms with Gasteiger partial charge in [0.25, 0.3) is 5.91 Å². The van der Waals surface area contributed by atoms with E-state index in [1.165, 1.54) is 29.7 Å². The van der Waals surface area contributed by atoms with Gasteiger partial charge in [0.15, 0.2) is 0 Å². The van der Waals surface area contributed by atoms with E-state index in [0.29, 0.717) is 5.56 Å². The molecular formula is C16H13F4N3OS. The fourth-order valence-electron chi connectivity index (χ4n) is 1.81. The Hall–Kier alpha value is -2.81. The van der Waals surface area contributed by atoms with Gasteiger partial charge in [-0.2, -0.15) is 13.2 Å². The van der Waals surface area contributed by atoms with Crippen LogP contribution >= 0.6 is 11.3 Å². The van der Waals surface area contributed by atoms with E-state index < -0.39 is 23.5 Å². The van der Waals surface area contributed by atoms with Gasteiger partial charge in [-0.25, -0.2) is 4.39 Å². The van der Waals surface area contributed by atoms with Crippen molar-refractivity contribution in [3.8, 4) is 0 Å². The first-order valence-corrected chi connectivity index (χ1v) is 7.71. The van der Waals surface area contributed by atoms with Crippen molar-refractivity contribution in [3.63, 3.8) is 0 Å². The van der Waals surface area contributed by atoms with Gasteiger partial charge in [0, 0.05) is 5.70 Å². The fraction of sp³-hybridized carbons (Fsp3) is 0.0625. The van der Waals surface area contributed by atoms with Crippen LogP contribution in [0.5, 0.6) is 0 Å². The number of benzene rings is 1. The molecule has 0 aliphatic carbocycles. The molecule has 0 aliphatic rings. The number of alkyl halides is 3. The maximum atomic E-state index is 13.3. The molecule has 9 heteroatoms. The number of thiophene rings is 1. The minimum Gasteiger partial charge on any atom is -0.398 e. The van der Waals surface area contributed by atoms with Gasteiger partial charge >= 0.3 is 6.18 Å². The Kier molecular flexibility index (Phi) is 5.48. The van der Waals surface area contributed by atoms with E-state index in [2.05, 4.69) is 5.32 Å². The molecule has 1 heterocycles. The maximum Gasteiger partial charge on any atom is 0.416 e. The highest BCUT2D eigenvalue weighted by molar-refractivity contribution is 7.12. The molecule has 5 N–H and O–H groups in total. The molecule has 1 aromatic carbocycles. The Labute approximate surface area is 144 Å². The predicted molar refractivity (Wildman–Crippen MR) is 87.6 cm³/mol. The largest absolute Gasteiger partial charge is 0.416 e. The third-order valence-corrected chi connectivity index (χ3v) is 3.96. The smallest absolute Gasteiger partial charge is 0.398 e. The first-order valence-electron chi connectivity index (χ1n) is 6.83. The molecule has 4 nitrogen and oxygen atoms in total. The van der Waals surface area contributed by atoms with Crippen molar-refractivity contribution in [1.82, 2.24) is 5.32 Å². The predicted octanol–water partition coefficient (Wildman–Crippen LogP) is 3.44. The van der Waals surface area contributed by atoms with Crippen LogP contribution in [0, 0.1) is 5.82 Å². The van der Waals surface area contributed by atoms with Crippen molar-refractivity contribution < 1.29 is 22.4 Å². The number of allylic oxidation sites excluding steroid dienone is 2. The van der Waals surface area contributed by atoms with Crippen LogP contribution in [-0.2, 0) is 6.18 Å². The monoisotopic (exact) mass is 371 g/mol. The van der Waals surface area contributed by atoms with E-state index in [1.54, 1.807) is 0 Å². The molecule has 0 saturated carbocycles. The highest BCUT2D eigenvalue weighted by Crippen LogP contribution is 2.29. The second kappa shape index (κ2) is 7.39. The number of carbonyl (C=O) groups excluding carboxylic acids is 1. The topological polar surface area (TPSA) is 81.1 Å². The van der Waals surface area contributed by atoms with Crippen LogP contribution in [-0.4, -0.2) is 5.91 Å². The Balaban J connectivity index is 2.07. The summed E-state index contributed by atoms with van der Waals surface area (Å²) in [6.07, 6.45) is -1.85. The summed E-state index contributed by atoms with van der Waals surface area (Å²) in [5.41, 5.74) is 11.1. The average molecular weight is 371 g/mol. The number of nitrogens with two attached hydrogens (primary N) is 2. The minimum atomic E-state index is -4.43. The number of halogens is 4. The minimum absolute atomic E-state index is 0.0901. The first kappa shape index (κ1) is 18.5. The lowest BCUT2D eigenvalue weighted by Gasteiger charge is -2.07. The number of hydrogen-bond donors (Lipinski definition) is 3. The quantitative estimate of drug-likeness (QED) is 0.569. The molecule has 1 amide bonds. The number of carbonyl (C=O) groups is 1. The van der Waals surface area contributed by atoms with E-state index in [9.17, 15) is 22.4 Å². The standard InChI is InChI=1S/C16H13F4N3OS/c17-11-7-8-25-14(11)15(24)23-13(22)6-5-12(21)9-1-3-10(4-2-9)16(18,19)20/h1-8H,21-22H2,(H,23,24)/b12-5-,13-6+. The molecule has 0 spiro atoms. The molecule has 0 unspecified atom stereocenters. The maximum absolute atomic E-state index is 13.3. The Bertz CT molecular complexity index is 823. The Morgan fingerprint density at radius 3 is 2.24 bits per heavy atom. The molecule has 0 aliphatic heterocycles. The van der Waals surface area contributed by atoms with Gasteiger partial charge in [-0.1, -0.05) is 12.1 Å². The third kappa shape index (κ3) is 4.83. The van der Waals surface area contributed by atoms with E-state index in [0.717, 1.165) is 29.5 Å². The number of amides is 1. The summed E-state index contributed by atoms with van der Waals surface area (Å²) in [7, 11) is 0. The number of nitrogens with one attached hydrogen (secondary N) is 1. The fourth-order valence-corrected chi connectivity index (χ4v) is 2.48. The average Bonchev–Trinajstić information content (AvgIpc) is 2.98. The SMILES string of the molecule is N/C(=C\C=C(/N)NC(=O)c1sccc1F)c1ccc(C(F)(F)F)cc1. The lowest BCUT2D eigenvalue weighted by molar-refractivity contribution is -0.137. The van der Waals surface area contributed by atoms with Gasteiger partial charge in [0.1, 0.15) is 16.5 Å². The van der Waals surface area contributed by atoms with E-state index in [4.69, 9.17) is 11.5 Å². The Morgan fingerprint density at radius 1 is 1.08 bits per heavy atom. The molecule has 2 aromatic rings. The highest BCUT2D eigenvalue weighted by Gasteiger charge is 2.29. The summed E-state index contributed by atoms with van der Waals surface area (Å²) >= 11 is 0.922. The van der Waals surface area contributed by atoms with Gasteiger partial charge in [0.2, 0.25) is 0 Å². The van der Waals surface area contributed by atoms with E-state index in [1.807, 2.05) is 0 Å². The zero-order valence-corrected chi connectivity index (χ0v) is 13.4. The van der Waals surface area contributed by atoms with Gasteiger partial charge in [-0.15, -0.1) is 11.3 Å². The summed E-state index contributed by atoms with van der Waals surface area (Å²) in [4.78, 5) is 11.6. The molecule has 132 valence electrons. The molecular weight excluding hydrogens is 358 g/mol. The zero-order chi connectivity index (χ0) is 18.6. The molecule has 0 fully saturated rings. The van der Waals surface area contributed by atoms with Crippen LogP contribution in [0.15, 0.2) is 53.7 Å². The van der Waals surface area contributed by atoms with Crippen LogP contribution < -0.4 is 16.8 Å². The van der Waals surface area contributed by atoms with Crippen molar-refractivity contribution >= 4 is 22.9 Å². The van der Waals surface area contributed by atoms with Crippen molar-refractivity contribution in [2.45, 2.75) is 6.18 Å². The van der Waals surface area contributed by atoms with Crippen LogP contribution in [0.1, 0.15) is 20.8 Å². The summed E-state index contributed by atoms with van der Waals surface area (Å²) in [5, 5.41) is 3.70. The van der Waals surface area contributed by atoms with Crippen LogP contribution in [0.3, 0.4) is 0 Å². The third-order valence-electron chi connectivity index (χ3n) is 3.07. The lowest BCUT2D eigenvalue weighted by Crippen LogP contribution is -2.27. The van der Waals surface area contributed by atoms with Crippen LogP contribution in [0.25, 0.3) is 5.70 Å². The molecule has 0 radical (unpaired) electrons. The summed E-state index contributed by atoms with van der Waals surface area (Å²) in [6, 6.07) is 5.41. The second-order valence-electron chi connectivity index (χ2n) is 4.87. The molecule has 25 heavy (non-hydrogen) atoms. The number of hydrogen-bond acceptors (Lipinski definition) is 4. The highest BCUT2D eigenvalue weighted by atomic mass is 32.1. The second-order valence-corrected chi connectivity index (χ2v) is 5.79. The summed E-state index contributed by atoms with van der Waals surface area (Å²) in [5.74, 6) is -1.45. The summed E-state index contributed by atoms with van der Waals surface area (Å²) < 4.78 is 50.8. The lowest BCUT2D eigenvalue weighted by atomic mass is 10.1. The molecule has 0 saturated heterocycles. The van der Waals surface area contributed by atoms with Crippen LogP contribution in [0.2, 0.25) is 0 Å². The van der Waals surface area contributed by atoms with E-state index in [-0.39, 0.29) is 16.4 Å². The molecule has 0 atom stereocenters. The van der Waals surface area contributed by atoms with Gasteiger partial charge in [-0.3, -0.25) is 4.79 Å². The van der Waals surface area contributed by atoms with Crippen molar-refractivity contribution in [3.05, 3.63) is 75.5 Å². The number of rotatable bonds is 4. The molecule has 1 aromatic heterocycles. The molecule has 2 rings (SSSR count). The van der Waals surface area contributed by atoms with Gasteiger partial charge < -0.3 is 16.8 Å².